The fourth-order valence-corrected chi connectivity index (χ4v) is 3.21. The van der Waals surface area contributed by atoms with Crippen LogP contribution < -0.4 is 0 Å². The average molecular weight is 308 g/mol. The van der Waals surface area contributed by atoms with Gasteiger partial charge >= 0.3 is 0 Å². The minimum absolute atomic E-state index is 0.922. The summed E-state index contributed by atoms with van der Waals surface area (Å²) < 4.78 is 0. The monoisotopic (exact) mass is 308 g/mol. The highest BCUT2D eigenvalue weighted by Crippen LogP contribution is 2.37. The van der Waals surface area contributed by atoms with E-state index in [0.29, 0.717) is 0 Å². The lowest BCUT2D eigenvalue weighted by atomic mass is 9.93. The van der Waals surface area contributed by atoms with Gasteiger partial charge in [-0.1, -0.05) is 48.5 Å². The first-order valence-electron chi connectivity index (χ1n) is 7.71. The molecule has 2 N–H and O–H groups in total. The van der Waals surface area contributed by atoms with Crippen LogP contribution in [0.1, 0.15) is 0 Å². The van der Waals surface area contributed by atoms with Crippen LogP contribution in [0.5, 0.6) is 0 Å². The van der Waals surface area contributed by atoms with Crippen molar-refractivity contribution in [3.05, 3.63) is 73.3 Å². The number of imidazole rings is 2. The minimum Gasteiger partial charge on any atom is -0.335 e. The fourth-order valence-electron chi connectivity index (χ4n) is 3.21. The highest BCUT2D eigenvalue weighted by molar-refractivity contribution is 6.01. The molecule has 0 aliphatic rings. The molecule has 2 radical (unpaired) electrons. The van der Waals surface area contributed by atoms with Gasteiger partial charge in [0.15, 0.2) is 12.7 Å². The topological polar surface area (TPSA) is 57.4 Å². The van der Waals surface area contributed by atoms with E-state index < -0.39 is 0 Å². The molecule has 0 unspecified atom stereocenters. The Labute approximate surface area is 138 Å². The number of para-hydroxylation sites is 2. The number of hydrogen-bond acceptors (Lipinski definition) is 2. The van der Waals surface area contributed by atoms with Crippen molar-refractivity contribution in [3.8, 4) is 22.3 Å². The van der Waals surface area contributed by atoms with Crippen molar-refractivity contribution in [3.63, 3.8) is 0 Å². The Balaban J connectivity index is 1.84. The van der Waals surface area contributed by atoms with Gasteiger partial charge in [0.25, 0.3) is 0 Å². The van der Waals surface area contributed by atoms with E-state index in [1.807, 2.05) is 36.4 Å². The van der Waals surface area contributed by atoms with Crippen LogP contribution in [-0.4, -0.2) is 19.9 Å². The molecule has 0 aliphatic carbocycles. The van der Waals surface area contributed by atoms with Crippen molar-refractivity contribution in [2.24, 2.45) is 0 Å². The first kappa shape index (κ1) is 13.1. The van der Waals surface area contributed by atoms with Crippen LogP contribution in [0.25, 0.3) is 44.3 Å². The molecule has 3 aromatic carbocycles. The van der Waals surface area contributed by atoms with Crippen LogP contribution in [-0.2, 0) is 0 Å². The number of H-pyrrole nitrogens is 2. The molecule has 112 valence electrons. The van der Waals surface area contributed by atoms with E-state index in [-0.39, 0.29) is 0 Å². The Kier molecular flexibility index (Phi) is 2.76. The fraction of sp³-hybridized carbons (Fsp3) is 0. The Bertz CT molecular complexity index is 1070. The van der Waals surface area contributed by atoms with Gasteiger partial charge in [-0.05, 0) is 23.3 Å². The molecule has 0 spiro atoms. The molecular formula is C20H12N4. The molecule has 5 rings (SSSR count). The standard InChI is InChI=1S/C20H12N4/c1-2-6-14(16-8-4-10-18-20(16)24-12-22-18)13(5-1)15-7-3-9-17-19(15)23-11-21-17/h1-10H,(H,21,23)(H,22,24). The summed E-state index contributed by atoms with van der Waals surface area (Å²) in [6.45, 7) is 0. The molecule has 24 heavy (non-hydrogen) atoms. The lowest BCUT2D eigenvalue weighted by Gasteiger charge is -2.11. The molecule has 0 atom stereocenters. The normalized spacial score (nSPS) is 11.3. The predicted octanol–water partition coefficient (Wildman–Crippen LogP) is 4.37. The van der Waals surface area contributed by atoms with Crippen molar-refractivity contribution in [1.29, 1.82) is 0 Å². The van der Waals surface area contributed by atoms with Crippen molar-refractivity contribution in [2.75, 3.05) is 0 Å². The van der Waals surface area contributed by atoms with Crippen molar-refractivity contribution < 1.29 is 0 Å². The quantitative estimate of drug-likeness (QED) is 0.508. The average Bonchev–Trinajstić information content (AvgIpc) is 3.30. The SMILES string of the molecule is [c]1nc2c(-c3ccccc3-c3cccc4[nH][c]nc34)cccc2[nH]1. The summed E-state index contributed by atoms with van der Waals surface area (Å²) in [7, 11) is 0. The van der Waals surface area contributed by atoms with E-state index in [4.69, 9.17) is 0 Å². The maximum Gasteiger partial charge on any atom is 0.174 e. The van der Waals surface area contributed by atoms with Crippen LogP contribution in [0.3, 0.4) is 0 Å². The van der Waals surface area contributed by atoms with E-state index in [2.05, 4.69) is 56.9 Å². The molecule has 0 amide bonds. The van der Waals surface area contributed by atoms with Gasteiger partial charge in [-0.3, -0.25) is 0 Å². The summed E-state index contributed by atoms with van der Waals surface area (Å²) in [5, 5.41) is 0. The van der Waals surface area contributed by atoms with Gasteiger partial charge in [0.1, 0.15) is 0 Å². The first-order chi connectivity index (χ1) is 11.9. The predicted molar refractivity (Wildman–Crippen MR) is 94.3 cm³/mol. The summed E-state index contributed by atoms with van der Waals surface area (Å²) in [6.07, 6.45) is 5.67. The zero-order chi connectivity index (χ0) is 15.9. The molecule has 2 aromatic heterocycles. The first-order valence-corrected chi connectivity index (χ1v) is 7.71. The van der Waals surface area contributed by atoms with Crippen LogP contribution in [0.15, 0.2) is 60.7 Å². The zero-order valence-corrected chi connectivity index (χ0v) is 12.7. The number of benzene rings is 3. The van der Waals surface area contributed by atoms with Gasteiger partial charge in [0.05, 0.1) is 22.1 Å². The van der Waals surface area contributed by atoms with Crippen LogP contribution in [0.2, 0.25) is 0 Å². The second-order valence-electron chi connectivity index (χ2n) is 5.65. The summed E-state index contributed by atoms with van der Waals surface area (Å²) >= 11 is 0. The molecule has 0 saturated carbocycles. The van der Waals surface area contributed by atoms with E-state index in [9.17, 15) is 0 Å². The van der Waals surface area contributed by atoms with Crippen LogP contribution in [0, 0.1) is 12.7 Å². The summed E-state index contributed by atoms with van der Waals surface area (Å²) in [5.74, 6) is 0. The Morgan fingerprint density at radius 3 is 1.50 bits per heavy atom. The number of hydrogen-bond donors (Lipinski definition) is 2. The number of aromatic nitrogens is 4. The largest absolute Gasteiger partial charge is 0.335 e. The molecule has 0 saturated heterocycles. The molecule has 4 nitrogen and oxygen atoms in total. The second kappa shape index (κ2) is 5.06. The Morgan fingerprint density at radius 2 is 1.00 bits per heavy atom. The number of rotatable bonds is 2. The Hall–Kier alpha value is -3.40. The number of nitrogens with one attached hydrogen (secondary N) is 2. The van der Waals surface area contributed by atoms with Gasteiger partial charge in [-0.2, -0.15) is 0 Å². The van der Waals surface area contributed by atoms with Gasteiger partial charge in [-0.25, -0.2) is 9.97 Å². The van der Waals surface area contributed by atoms with E-state index in [0.717, 1.165) is 44.3 Å². The molecular weight excluding hydrogens is 296 g/mol. The zero-order valence-electron chi connectivity index (χ0n) is 12.7. The lowest BCUT2D eigenvalue weighted by Crippen LogP contribution is -1.88. The van der Waals surface area contributed by atoms with Crippen molar-refractivity contribution in [1.82, 2.24) is 19.9 Å². The van der Waals surface area contributed by atoms with Crippen molar-refractivity contribution in [2.45, 2.75) is 0 Å². The highest BCUT2D eigenvalue weighted by Gasteiger charge is 2.14. The van der Waals surface area contributed by atoms with Gasteiger partial charge in [0, 0.05) is 11.1 Å². The maximum absolute atomic E-state index is 4.37. The smallest absolute Gasteiger partial charge is 0.174 e. The Morgan fingerprint density at radius 1 is 0.542 bits per heavy atom. The number of fused-ring (bicyclic) bond motifs is 2. The number of nitrogens with zero attached hydrogens (tertiary/aromatic N) is 2. The second-order valence-corrected chi connectivity index (χ2v) is 5.65. The summed E-state index contributed by atoms with van der Waals surface area (Å²) in [6, 6.07) is 20.6. The van der Waals surface area contributed by atoms with E-state index >= 15 is 0 Å². The summed E-state index contributed by atoms with van der Waals surface area (Å²) in [5.41, 5.74) is 8.21. The van der Waals surface area contributed by atoms with Crippen LogP contribution >= 0.6 is 0 Å². The lowest BCUT2D eigenvalue weighted by molar-refractivity contribution is 1.32. The third kappa shape index (κ3) is 1.86. The molecule has 0 aliphatic heterocycles. The molecule has 5 aromatic rings. The summed E-state index contributed by atoms with van der Waals surface area (Å²) in [4.78, 5) is 14.9. The number of aromatic amines is 2. The highest BCUT2D eigenvalue weighted by atomic mass is 14.9. The van der Waals surface area contributed by atoms with Gasteiger partial charge < -0.3 is 9.97 Å². The molecule has 0 fully saturated rings. The molecule has 2 heterocycles. The van der Waals surface area contributed by atoms with E-state index in [1.54, 1.807) is 0 Å². The molecule has 0 bridgehead atoms. The van der Waals surface area contributed by atoms with E-state index in [1.165, 1.54) is 0 Å². The van der Waals surface area contributed by atoms with Crippen LogP contribution in [0.4, 0.5) is 0 Å². The maximum atomic E-state index is 4.37. The van der Waals surface area contributed by atoms with Crippen molar-refractivity contribution >= 4 is 22.1 Å². The van der Waals surface area contributed by atoms with Gasteiger partial charge in [0.2, 0.25) is 0 Å². The third-order valence-corrected chi connectivity index (χ3v) is 4.30. The van der Waals surface area contributed by atoms with Gasteiger partial charge in [-0.15, -0.1) is 0 Å². The molecule has 4 heteroatoms. The third-order valence-electron chi connectivity index (χ3n) is 4.30. The minimum atomic E-state index is 0.922.